The monoisotopic (exact) mass is 422 g/mol. The van der Waals surface area contributed by atoms with Gasteiger partial charge in [0.05, 0.1) is 22.7 Å². The highest BCUT2D eigenvalue weighted by Crippen LogP contribution is 2.30. The normalized spacial score (nSPS) is 19.7. The van der Waals surface area contributed by atoms with Crippen LogP contribution in [-0.2, 0) is 22.6 Å². The summed E-state index contributed by atoms with van der Waals surface area (Å²) < 4.78 is 0. The van der Waals surface area contributed by atoms with Crippen LogP contribution in [0.3, 0.4) is 0 Å². The van der Waals surface area contributed by atoms with E-state index in [4.69, 9.17) is 0 Å². The Hall–Kier alpha value is -2.38. The van der Waals surface area contributed by atoms with E-state index in [2.05, 4.69) is 32.0 Å². The summed E-state index contributed by atoms with van der Waals surface area (Å²) in [5.41, 5.74) is 2.92. The maximum Gasteiger partial charge on any atom is 0.201 e. The van der Waals surface area contributed by atoms with Crippen molar-refractivity contribution in [2.24, 2.45) is 5.92 Å². The number of allylic oxidation sites excluding steroid dienone is 1. The molecular weight excluding hydrogens is 396 g/mol. The molecule has 2 aromatic rings. The Morgan fingerprint density at radius 1 is 1.17 bits per heavy atom. The summed E-state index contributed by atoms with van der Waals surface area (Å²) in [4.78, 5) is 39.8. The van der Waals surface area contributed by atoms with Crippen LogP contribution in [-0.4, -0.2) is 43.8 Å². The fourth-order valence-corrected chi connectivity index (χ4v) is 4.79. The van der Waals surface area contributed by atoms with Crippen LogP contribution in [0.2, 0.25) is 0 Å². The number of thioether (sulfide) groups is 1. The molecule has 0 atom stereocenters. The molecule has 0 aliphatic carbocycles. The lowest BCUT2D eigenvalue weighted by molar-refractivity contribution is -0.119. The Morgan fingerprint density at radius 3 is 2.73 bits per heavy atom. The van der Waals surface area contributed by atoms with Crippen LogP contribution < -0.4 is 0 Å². The van der Waals surface area contributed by atoms with E-state index in [-0.39, 0.29) is 17.3 Å². The van der Waals surface area contributed by atoms with Crippen molar-refractivity contribution in [1.82, 2.24) is 19.9 Å². The molecule has 0 saturated carbocycles. The van der Waals surface area contributed by atoms with Crippen LogP contribution >= 0.6 is 11.8 Å². The Bertz CT molecular complexity index is 967. The van der Waals surface area contributed by atoms with Crippen molar-refractivity contribution in [2.75, 3.05) is 13.1 Å². The first-order chi connectivity index (χ1) is 14.5. The van der Waals surface area contributed by atoms with Gasteiger partial charge in [0.25, 0.3) is 0 Å². The van der Waals surface area contributed by atoms with Crippen LogP contribution in [0.4, 0.5) is 0 Å². The first-order valence-electron chi connectivity index (χ1n) is 10.5. The highest BCUT2D eigenvalue weighted by molar-refractivity contribution is 8.18. The minimum atomic E-state index is -0.113. The minimum Gasteiger partial charge on any atom is -0.297 e. The van der Waals surface area contributed by atoms with Gasteiger partial charge in [0.2, 0.25) is 5.12 Å². The molecular formula is C23H26N4O2S. The van der Waals surface area contributed by atoms with Gasteiger partial charge in [-0.15, -0.1) is 0 Å². The number of carbonyl (C=O) groups is 2. The van der Waals surface area contributed by atoms with E-state index in [9.17, 15) is 9.59 Å². The second kappa shape index (κ2) is 9.62. The molecule has 156 valence electrons. The van der Waals surface area contributed by atoms with Gasteiger partial charge in [-0.25, -0.2) is 9.97 Å². The number of aryl methyl sites for hydroxylation is 2. The average molecular weight is 423 g/mol. The van der Waals surface area contributed by atoms with Crippen LogP contribution in [0, 0.1) is 12.8 Å². The van der Waals surface area contributed by atoms with E-state index in [1.54, 1.807) is 18.3 Å². The number of pyridine rings is 1. The molecule has 4 heterocycles. The molecule has 0 N–H and O–H groups in total. The molecule has 2 aliphatic heterocycles. The van der Waals surface area contributed by atoms with Gasteiger partial charge < -0.3 is 0 Å². The molecule has 2 aliphatic rings. The number of nitrogens with zero attached hydrogens (tertiary/aromatic N) is 4. The molecule has 30 heavy (non-hydrogen) atoms. The second-order valence-corrected chi connectivity index (χ2v) is 9.11. The Kier molecular flexibility index (Phi) is 6.69. The Labute approximate surface area is 181 Å². The van der Waals surface area contributed by atoms with Crippen molar-refractivity contribution in [2.45, 2.75) is 45.6 Å². The number of rotatable bonds is 6. The summed E-state index contributed by atoms with van der Waals surface area (Å²) in [6, 6.07) is 8.00. The van der Waals surface area contributed by atoms with Crippen LogP contribution in [0.5, 0.6) is 0 Å². The van der Waals surface area contributed by atoms with Gasteiger partial charge in [0.15, 0.2) is 5.78 Å². The highest BCUT2D eigenvalue weighted by Gasteiger charge is 2.26. The van der Waals surface area contributed by atoms with Gasteiger partial charge in [-0.3, -0.25) is 19.5 Å². The molecule has 2 fully saturated rings. The number of aromatic nitrogens is 3. The molecule has 0 radical (unpaired) electrons. The molecule has 0 amide bonds. The summed E-state index contributed by atoms with van der Waals surface area (Å²) in [6.45, 7) is 5.15. The van der Waals surface area contributed by atoms with Gasteiger partial charge in [-0.05, 0) is 81.2 Å². The summed E-state index contributed by atoms with van der Waals surface area (Å²) in [7, 11) is 0. The lowest BCUT2D eigenvalue weighted by Crippen LogP contribution is -2.33. The van der Waals surface area contributed by atoms with Crippen LogP contribution in [0.25, 0.3) is 6.08 Å². The largest absolute Gasteiger partial charge is 0.297 e. The van der Waals surface area contributed by atoms with E-state index in [0.29, 0.717) is 16.5 Å². The summed E-state index contributed by atoms with van der Waals surface area (Å²) in [5, 5.41) is -0.0925. The topological polar surface area (TPSA) is 76.1 Å². The highest BCUT2D eigenvalue weighted by atomic mass is 32.2. The molecule has 0 bridgehead atoms. The van der Waals surface area contributed by atoms with Gasteiger partial charge in [-0.1, -0.05) is 6.07 Å². The number of hydrogen-bond donors (Lipinski definition) is 0. The maximum atomic E-state index is 11.8. The number of piperidine rings is 1. The van der Waals surface area contributed by atoms with Gasteiger partial charge in [0, 0.05) is 24.9 Å². The van der Waals surface area contributed by atoms with Crippen LogP contribution in [0.1, 0.15) is 48.6 Å². The molecule has 7 heteroatoms. The average Bonchev–Trinajstić information content (AvgIpc) is 3.04. The molecule has 4 rings (SSSR count). The molecule has 6 nitrogen and oxygen atoms in total. The van der Waals surface area contributed by atoms with E-state index >= 15 is 0 Å². The number of carbonyl (C=O) groups excluding carboxylic acids is 2. The third kappa shape index (κ3) is 5.61. The van der Waals surface area contributed by atoms with Crippen molar-refractivity contribution in [3.8, 4) is 0 Å². The summed E-state index contributed by atoms with van der Waals surface area (Å²) in [6.07, 6.45) is 7.71. The first-order valence-corrected chi connectivity index (χ1v) is 11.3. The standard InChI is InChI=1S/C23H26N4O2S/c1-16-3-2-4-19(25-16)15-27-11-8-17(9-12-27)5-6-22-24-10-7-18(26-22)13-21-20(28)14-23(29)30-21/h2-4,7,10,13,17H,5-6,8-9,11-12,14-15H2,1H3/b21-13-. The van der Waals surface area contributed by atoms with E-state index in [1.165, 1.54) is 12.8 Å². The van der Waals surface area contributed by atoms with Crippen LogP contribution in [0.15, 0.2) is 35.4 Å². The number of ketones is 1. The predicted molar refractivity (Wildman–Crippen MR) is 118 cm³/mol. The van der Waals surface area contributed by atoms with Crippen molar-refractivity contribution in [1.29, 1.82) is 0 Å². The van der Waals surface area contributed by atoms with Crippen molar-refractivity contribution in [3.05, 3.63) is 58.3 Å². The first kappa shape index (κ1) is 20.9. The number of hydrogen-bond acceptors (Lipinski definition) is 7. The molecule has 0 unspecified atom stereocenters. The van der Waals surface area contributed by atoms with E-state index < -0.39 is 0 Å². The predicted octanol–water partition coefficient (Wildman–Crippen LogP) is 3.60. The Morgan fingerprint density at radius 2 is 2.00 bits per heavy atom. The summed E-state index contributed by atoms with van der Waals surface area (Å²) >= 11 is 1.01. The zero-order chi connectivity index (χ0) is 20.9. The summed E-state index contributed by atoms with van der Waals surface area (Å²) in [5.74, 6) is 1.37. The lowest BCUT2D eigenvalue weighted by Gasteiger charge is -2.31. The zero-order valence-corrected chi connectivity index (χ0v) is 18.0. The van der Waals surface area contributed by atoms with E-state index in [0.717, 1.165) is 61.5 Å². The smallest absolute Gasteiger partial charge is 0.201 e. The van der Waals surface area contributed by atoms with Crippen molar-refractivity contribution < 1.29 is 9.59 Å². The van der Waals surface area contributed by atoms with Crippen molar-refractivity contribution in [3.63, 3.8) is 0 Å². The SMILES string of the molecule is Cc1cccc(CN2CCC(CCc3nccc(/C=C4\SC(=O)CC4=O)n3)CC2)n1. The quantitative estimate of drug-likeness (QED) is 0.520. The van der Waals surface area contributed by atoms with Gasteiger partial charge >= 0.3 is 0 Å². The number of likely N-dealkylation sites (tertiary alicyclic amines) is 1. The van der Waals surface area contributed by atoms with Gasteiger partial charge in [-0.2, -0.15) is 0 Å². The van der Waals surface area contributed by atoms with Crippen molar-refractivity contribution >= 4 is 28.7 Å². The number of Topliss-reactive ketones (excluding diaryl/α,β-unsaturated/α-hetero) is 1. The third-order valence-corrected chi connectivity index (χ3v) is 6.56. The molecule has 0 aromatic carbocycles. The molecule has 0 spiro atoms. The Balaban J connectivity index is 1.26. The fourth-order valence-electron chi connectivity index (χ4n) is 3.98. The zero-order valence-electron chi connectivity index (χ0n) is 17.2. The maximum absolute atomic E-state index is 11.8. The molecule has 2 aromatic heterocycles. The van der Waals surface area contributed by atoms with E-state index in [1.807, 2.05) is 13.0 Å². The lowest BCUT2D eigenvalue weighted by atomic mass is 9.92. The second-order valence-electron chi connectivity index (χ2n) is 8.01. The van der Waals surface area contributed by atoms with Gasteiger partial charge in [0.1, 0.15) is 5.82 Å². The molecule has 2 saturated heterocycles. The fraction of sp³-hybridized carbons (Fsp3) is 0.435. The minimum absolute atomic E-state index is 0.00686. The third-order valence-electron chi connectivity index (χ3n) is 5.62.